The maximum absolute atomic E-state index is 13.4. The van der Waals surface area contributed by atoms with Crippen molar-refractivity contribution in [2.75, 3.05) is 19.0 Å². The van der Waals surface area contributed by atoms with Crippen LogP contribution in [0, 0.1) is 17.5 Å². The predicted octanol–water partition coefficient (Wildman–Crippen LogP) is 2.84. The van der Waals surface area contributed by atoms with Gasteiger partial charge in [-0.25, -0.2) is 13.2 Å². The van der Waals surface area contributed by atoms with Crippen molar-refractivity contribution >= 4 is 11.6 Å². The van der Waals surface area contributed by atoms with Crippen molar-refractivity contribution in [3.8, 4) is 5.75 Å². The van der Waals surface area contributed by atoms with Crippen LogP contribution in [0.2, 0.25) is 0 Å². The maximum Gasteiger partial charge on any atom is 0.238 e. The van der Waals surface area contributed by atoms with Gasteiger partial charge in [-0.3, -0.25) is 4.79 Å². The van der Waals surface area contributed by atoms with Gasteiger partial charge < -0.3 is 15.4 Å². The lowest BCUT2D eigenvalue weighted by atomic mass is 10.2. The van der Waals surface area contributed by atoms with Crippen LogP contribution in [0.4, 0.5) is 18.9 Å². The van der Waals surface area contributed by atoms with E-state index in [-0.39, 0.29) is 6.54 Å². The van der Waals surface area contributed by atoms with Gasteiger partial charge in [-0.2, -0.15) is 0 Å². The van der Waals surface area contributed by atoms with E-state index in [9.17, 15) is 18.0 Å². The molecule has 0 aromatic heterocycles. The molecule has 0 aliphatic carbocycles. The molecular weight excluding hydrogens is 309 g/mol. The summed E-state index contributed by atoms with van der Waals surface area (Å²) in [6, 6.07) is 8.98. The number of amides is 1. The number of nitrogens with one attached hydrogen (secondary N) is 2. The number of ether oxygens (including phenoxy) is 1. The Balaban J connectivity index is 1.90. The molecule has 0 atom stereocenters. The summed E-state index contributed by atoms with van der Waals surface area (Å²) in [5.74, 6) is -4.26. The molecule has 1 amide bonds. The number of anilines is 1. The van der Waals surface area contributed by atoms with E-state index in [0.29, 0.717) is 12.3 Å². The number of carbonyl (C=O) groups is 1. The summed E-state index contributed by atoms with van der Waals surface area (Å²) >= 11 is 0. The van der Waals surface area contributed by atoms with Crippen LogP contribution in [0.15, 0.2) is 36.4 Å². The number of hydrogen-bond donors (Lipinski definition) is 2. The van der Waals surface area contributed by atoms with E-state index in [1.165, 1.54) is 7.11 Å². The lowest BCUT2D eigenvalue weighted by Gasteiger charge is -2.10. The molecule has 0 spiro atoms. The molecule has 2 rings (SSSR count). The Hall–Kier alpha value is -2.54. The molecule has 7 heteroatoms. The molecule has 0 unspecified atom stereocenters. The van der Waals surface area contributed by atoms with Gasteiger partial charge in [-0.15, -0.1) is 0 Å². The highest BCUT2D eigenvalue weighted by atomic mass is 19.2. The molecule has 0 radical (unpaired) electrons. The molecule has 0 bridgehead atoms. The van der Waals surface area contributed by atoms with Gasteiger partial charge in [-0.05, 0) is 18.2 Å². The molecule has 4 nitrogen and oxygen atoms in total. The summed E-state index contributed by atoms with van der Waals surface area (Å²) in [4.78, 5) is 11.7. The Morgan fingerprint density at radius 1 is 1.09 bits per heavy atom. The van der Waals surface area contributed by atoms with Crippen LogP contribution in [0.3, 0.4) is 0 Å². The standard InChI is InChI=1S/C16H15F3N2O2/c1-23-13-5-3-2-4-10(13)8-20-9-14(22)21-12-7-6-11(17)15(18)16(12)19/h2-7,20H,8-9H2,1H3,(H,21,22). The number of para-hydroxylation sites is 1. The van der Waals surface area contributed by atoms with Gasteiger partial charge in [0.2, 0.25) is 5.91 Å². The van der Waals surface area contributed by atoms with E-state index < -0.39 is 29.0 Å². The second-order valence-electron chi connectivity index (χ2n) is 4.69. The summed E-state index contributed by atoms with van der Waals surface area (Å²) in [5, 5.41) is 5.04. The first-order valence-electron chi connectivity index (χ1n) is 6.79. The van der Waals surface area contributed by atoms with Crippen LogP contribution < -0.4 is 15.4 Å². The fraction of sp³-hybridized carbons (Fsp3) is 0.188. The quantitative estimate of drug-likeness (QED) is 0.804. The highest BCUT2D eigenvalue weighted by Gasteiger charge is 2.15. The zero-order valence-corrected chi connectivity index (χ0v) is 12.3. The Morgan fingerprint density at radius 2 is 1.83 bits per heavy atom. The van der Waals surface area contributed by atoms with Gasteiger partial charge >= 0.3 is 0 Å². The summed E-state index contributed by atoms with van der Waals surface area (Å²) in [5.41, 5.74) is 0.440. The predicted molar refractivity (Wildman–Crippen MR) is 79.6 cm³/mol. The van der Waals surface area contributed by atoms with E-state index in [1.807, 2.05) is 18.2 Å². The zero-order chi connectivity index (χ0) is 16.8. The first-order chi connectivity index (χ1) is 11.0. The molecule has 2 aromatic carbocycles. The van der Waals surface area contributed by atoms with Crippen molar-refractivity contribution in [3.63, 3.8) is 0 Å². The average Bonchev–Trinajstić information content (AvgIpc) is 2.56. The van der Waals surface area contributed by atoms with Gasteiger partial charge in [0.1, 0.15) is 5.75 Å². The minimum Gasteiger partial charge on any atom is -0.496 e. The second-order valence-corrected chi connectivity index (χ2v) is 4.69. The summed E-state index contributed by atoms with van der Waals surface area (Å²) in [7, 11) is 1.54. The summed E-state index contributed by atoms with van der Waals surface area (Å²) in [6.07, 6.45) is 0. The van der Waals surface area contributed by atoms with Gasteiger partial charge in [0.05, 0.1) is 19.3 Å². The largest absolute Gasteiger partial charge is 0.496 e. The smallest absolute Gasteiger partial charge is 0.238 e. The Kier molecular flexibility index (Phi) is 5.59. The van der Waals surface area contributed by atoms with Crippen molar-refractivity contribution in [2.45, 2.75) is 6.54 Å². The average molecular weight is 324 g/mol. The van der Waals surface area contributed by atoms with Crippen molar-refractivity contribution in [1.82, 2.24) is 5.32 Å². The van der Waals surface area contributed by atoms with Gasteiger partial charge in [0, 0.05) is 12.1 Å². The van der Waals surface area contributed by atoms with Crippen LogP contribution in [0.25, 0.3) is 0 Å². The molecule has 2 N–H and O–H groups in total. The van der Waals surface area contributed by atoms with E-state index in [4.69, 9.17) is 4.74 Å². The molecule has 122 valence electrons. The number of hydrogen-bond acceptors (Lipinski definition) is 3. The summed E-state index contributed by atoms with van der Waals surface area (Å²) in [6.45, 7) is 0.230. The molecule has 0 saturated carbocycles. The normalized spacial score (nSPS) is 10.4. The molecular formula is C16H15F3N2O2. The van der Waals surface area contributed by atoms with Gasteiger partial charge in [0.25, 0.3) is 0 Å². The first kappa shape index (κ1) is 16.8. The van der Waals surface area contributed by atoms with Crippen molar-refractivity contribution in [1.29, 1.82) is 0 Å². The van der Waals surface area contributed by atoms with E-state index >= 15 is 0 Å². The number of carbonyl (C=O) groups excluding carboxylic acids is 1. The minimum absolute atomic E-state index is 0.128. The molecule has 23 heavy (non-hydrogen) atoms. The number of rotatable bonds is 6. The van der Waals surface area contributed by atoms with E-state index in [2.05, 4.69) is 10.6 Å². The zero-order valence-electron chi connectivity index (χ0n) is 12.3. The lowest BCUT2D eigenvalue weighted by molar-refractivity contribution is -0.115. The van der Waals surface area contributed by atoms with Crippen molar-refractivity contribution < 1.29 is 22.7 Å². The Bertz CT molecular complexity index is 708. The van der Waals surface area contributed by atoms with Crippen LogP contribution in [-0.2, 0) is 11.3 Å². The number of halogens is 3. The minimum atomic E-state index is -1.62. The third-order valence-electron chi connectivity index (χ3n) is 3.10. The molecule has 0 heterocycles. The SMILES string of the molecule is COc1ccccc1CNCC(=O)Nc1ccc(F)c(F)c1F. The van der Waals surface area contributed by atoms with Crippen LogP contribution in [0.1, 0.15) is 5.56 Å². The maximum atomic E-state index is 13.4. The van der Waals surface area contributed by atoms with Crippen LogP contribution in [0.5, 0.6) is 5.75 Å². The molecule has 2 aromatic rings. The molecule has 0 aliphatic rings. The summed E-state index contributed by atoms with van der Waals surface area (Å²) < 4.78 is 44.5. The highest BCUT2D eigenvalue weighted by molar-refractivity contribution is 5.92. The van der Waals surface area contributed by atoms with Gasteiger partial charge in [0.15, 0.2) is 17.5 Å². The van der Waals surface area contributed by atoms with Crippen LogP contribution >= 0.6 is 0 Å². The Labute approximate surface area is 131 Å². The number of methoxy groups -OCH3 is 1. The lowest BCUT2D eigenvalue weighted by Crippen LogP contribution is -2.28. The van der Waals surface area contributed by atoms with Crippen molar-refractivity contribution in [3.05, 3.63) is 59.4 Å². The second kappa shape index (κ2) is 7.64. The monoisotopic (exact) mass is 324 g/mol. The topological polar surface area (TPSA) is 50.4 Å². The first-order valence-corrected chi connectivity index (χ1v) is 6.79. The third kappa shape index (κ3) is 4.23. The fourth-order valence-electron chi connectivity index (χ4n) is 1.98. The van der Waals surface area contributed by atoms with Gasteiger partial charge in [-0.1, -0.05) is 18.2 Å². The van der Waals surface area contributed by atoms with Crippen LogP contribution in [-0.4, -0.2) is 19.6 Å². The van der Waals surface area contributed by atoms with Crippen molar-refractivity contribution in [2.24, 2.45) is 0 Å². The highest BCUT2D eigenvalue weighted by Crippen LogP contribution is 2.19. The molecule has 0 saturated heterocycles. The molecule has 0 fully saturated rings. The fourth-order valence-corrected chi connectivity index (χ4v) is 1.98. The molecule has 0 aliphatic heterocycles. The third-order valence-corrected chi connectivity index (χ3v) is 3.10. The van der Waals surface area contributed by atoms with E-state index in [0.717, 1.165) is 17.7 Å². The Morgan fingerprint density at radius 3 is 2.57 bits per heavy atom. The number of benzene rings is 2. The van der Waals surface area contributed by atoms with E-state index in [1.54, 1.807) is 6.07 Å².